The van der Waals surface area contributed by atoms with E-state index in [-0.39, 0.29) is 5.91 Å². The summed E-state index contributed by atoms with van der Waals surface area (Å²) in [4.78, 5) is 41.5. The van der Waals surface area contributed by atoms with Gasteiger partial charge in [-0.05, 0) is 42.3 Å². The molecule has 0 saturated carbocycles. The van der Waals surface area contributed by atoms with Crippen molar-refractivity contribution in [1.82, 2.24) is 5.32 Å². The van der Waals surface area contributed by atoms with Gasteiger partial charge in [0, 0.05) is 4.88 Å². The molecule has 0 bridgehead atoms. The molecule has 4 unspecified atom stereocenters. The second-order valence-electron chi connectivity index (χ2n) is 7.79. The lowest BCUT2D eigenvalue weighted by Crippen LogP contribution is -2.53. The molecule has 0 spiro atoms. The Labute approximate surface area is 173 Å². The van der Waals surface area contributed by atoms with Gasteiger partial charge < -0.3 is 5.11 Å². The topological polar surface area (TPSA) is 86.7 Å². The average molecular weight is 413 g/mol. The van der Waals surface area contributed by atoms with Crippen LogP contribution >= 0.6 is 11.3 Å². The van der Waals surface area contributed by atoms with Crippen molar-refractivity contribution in [2.45, 2.75) is 45.2 Å². The van der Waals surface area contributed by atoms with Gasteiger partial charge in [0.05, 0.1) is 23.6 Å². The number of benzene rings is 1. The lowest BCUT2D eigenvalue weighted by Gasteiger charge is -2.28. The fraction of sp³-hybridized carbons (Fsp3) is 0.409. The van der Waals surface area contributed by atoms with E-state index in [1.807, 2.05) is 49.6 Å². The van der Waals surface area contributed by atoms with Crippen LogP contribution in [0.3, 0.4) is 0 Å². The van der Waals surface area contributed by atoms with E-state index >= 15 is 0 Å². The normalized spacial score (nSPS) is 28.8. The number of carbonyl (C=O) groups is 3. The molecule has 4 rings (SSSR count). The van der Waals surface area contributed by atoms with E-state index < -0.39 is 35.3 Å². The average Bonchev–Trinajstić information content (AvgIpc) is 3.39. The number of anilines is 1. The molecule has 1 aromatic heterocycles. The molecule has 7 heteroatoms. The minimum absolute atomic E-state index is 0.313. The van der Waals surface area contributed by atoms with Gasteiger partial charge in [0.25, 0.3) is 0 Å². The molecule has 1 aromatic carbocycles. The van der Waals surface area contributed by atoms with Crippen molar-refractivity contribution in [3.05, 3.63) is 51.7 Å². The third kappa shape index (κ3) is 2.75. The first kappa shape index (κ1) is 19.8. The highest BCUT2D eigenvalue weighted by Gasteiger charge is 2.67. The highest BCUT2D eigenvalue weighted by molar-refractivity contribution is 7.10. The van der Waals surface area contributed by atoms with Gasteiger partial charge in [-0.3, -0.25) is 19.7 Å². The standard InChI is InChI=1S/C22H24N2O4S/c1-4-12-8-6-9-13(5-2)18(12)24-19(25)15-16(20(24)26)22(3,21(27)28)23-17(15)14-10-7-11-29-14/h6-11,15-17,23H,4-5H2,1-3H3,(H,27,28). The minimum Gasteiger partial charge on any atom is -0.480 e. The summed E-state index contributed by atoms with van der Waals surface area (Å²) in [6.07, 6.45) is 1.36. The van der Waals surface area contributed by atoms with Gasteiger partial charge in [0.15, 0.2) is 0 Å². The van der Waals surface area contributed by atoms with E-state index in [1.54, 1.807) is 0 Å². The summed E-state index contributed by atoms with van der Waals surface area (Å²) in [5.74, 6) is -3.54. The van der Waals surface area contributed by atoms with Gasteiger partial charge in [-0.15, -0.1) is 11.3 Å². The van der Waals surface area contributed by atoms with Crippen LogP contribution in [-0.4, -0.2) is 28.4 Å². The molecule has 0 radical (unpaired) electrons. The Morgan fingerprint density at radius 1 is 1.14 bits per heavy atom. The fourth-order valence-electron chi connectivity index (χ4n) is 4.77. The molecule has 2 aliphatic rings. The van der Waals surface area contributed by atoms with Gasteiger partial charge >= 0.3 is 5.97 Å². The Kier molecular flexibility index (Phi) is 4.83. The number of carbonyl (C=O) groups excluding carboxylic acids is 2. The lowest BCUT2D eigenvalue weighted by atomic mass is 9.81. The number of rotatable bonds is 5. The number of hydrogen-bond acceptors (Lipinski definition) is 5. The molecule has 2 saturated heterocycles. The van der Waals surface area contributed by atoms with Crippen LogP contribution < -0.4 is 10.2 Å². The van der Waals surface area contributed by atoms with Crippen LogP contribution in [0.1, 0.15) is 42.8 Å². The molecule has 4 atom stereocenters. The molecule has 2 N–H and O–H groups in total. The summed E-state index contributed by atoms with van der Waals surface area (Å²) in [5, 5.41) is 15.0. The molecule has 2 aliphatic heterocycles. The van der Waals surface area contributed by atoms with E-state index in [9.17, 15) is 19.5 Å². The predicted octanol–water partition coefficient (Wildman–Crippen LogP) is 3.17. The van der Waals surface area contributed by atoms with Gasteiger partial charge in [0.2, 0.25) is 11.8 Å². The molecular formula is C22H24N2O4S. The Hall–Kier alpha value is -2.51. The predicted molar refractivity (Wildman–Crippen MR) is 111 cm³/mol. The van der Waals surface area contributed by atoms with Crippen LogP contribution in [0.5, 0.6) is 0 Å². The quantitative estimate of drug-likeness (QED) is 0.737. The summed E-state index contributed by atoms with van der Waals surface area (Å²) >= 11 is 1.46. The van der Waals surface area contributed by atoms with E-state index in [4.69, 9.17) is 0 Å². The van der Waals surface area contributed by atoms with Crippen molar-refractivity contribution in [3.8, 4) is 0 Å². The Morgan fingerprint density at radius 3 is 2.31 bits per heavy atom. The van der Waals surface area contributed by atoms with Crippen LogP contribution in [-0.2, 0) is 27.2 Å². The van der Waals surface area contributed by atoms with Gasteiger partial charge in [0.1, 0.15) is 5.54 Å². The first-order valence-electron chi connectivity index (χ1n) is 9.88. The van der Waals surface area contributed by atoms with Crippen molar-refractivity contribution < 1.29 is 19.5 Å². The first-order valence-corrected chi connectivity index (χ1v) is 10.8. The van der Waals surface area contributed by atoms with Crippen LogP contribution in [0.15, 0.2) is 35.7 Å². The van der Waals surface area contributed by atoms with E-state index in [0.29, 0.717) is 18.5 Å². The number of aryl methyl sites for hydroxylation is 2. The SMILES string of the molecule is CCc1cccc(CC)c1N1C(=O)C2C(c3cccs3)NC(C)(C(=O)O)C2C1=O. The molecule has 2 fully saturated rings. The zero-order valence-electron chi connectivity index (χ0n) is 16.6. The van der Waals surface area contributed by atoms with E-state index in [1.165, 1.54) is 23.2 Å². The monoisotopic (exact) mass is 412 g/mol. The summed E-state index contributed by atoms with van der Waals surface area (Å²) < 4.78 is 0. The number of amides is 2. The number of nitrogens with zero attached hydrogens (tertiary/aromatic N) is 1. The maximum absolute atomic E-state index is 13.6. The number of para-hydroxylation sites is 1. The number of carboxylic acids is 1. The molecule has 6 nitrogen and oxygen atoms in total. The van der Waals surface area contributed by atoms with Gasteiger partial charge in [-0.1, -0.05) is 38.1 Å². The Balaban J connectivity index is 1.88. The van der Waals surface area contributed by atoms with Crippen molar-refractivity contribution in [1.29, 1.82) is 0 Å². The van der Waals surface area contributed by atoms with Crippen molar-refractivity contribution in [2.24, 2.45) is 11.8 Å². The highest BCUT2D eigenvalue weighted by atomic mass is 32.1. The van der Waals surface area contributed by atoms with Crippen LogP contribution in [0.4, 0.5) is 5.69 Å². The van der Waals surface area contributed by atoms with Crippen LogP contribution in [0, 0.1) is 11.8 Å². The largest absolute Gasteiger partial charge is 0.480 e. The number of carboxylic acid groups (broad SMARTS) is 1. The maximum Gasteiger partial charge on any atom is 0.324 e. The molecule has 29 heavy (non-hydrogen) atoms. The van der Waals surface area contributed by atoms with Crippen molar-refractivity contribution in [2.75, 3.05) is 4.90 Å². The molecule has 152 valence electrons. The molecule has 2 amide bonds. The second kappa shape index (κ2) is 7.07. The van der Waals surface area contributed by atoms with Crippen molar-refractivity contribution >= 4 is 34.8 Å². The zero-order chi connectivity index (χ0) is 20.9. The fourth-order valence-corrected chi connectivity index (χ4v) is 5.59. The van der Waals surface area contributed by atoms with Crippen LogP contribution in [0.2, 0.25) is 0 Å². The highest BCUT2D eigenvalue weighted by Crippen LogP contribution is 2.51. The molecular weight excluding hydrogens is 388 g/mol. The number of imide groups is 1. The number of aliphatic carboxylic acids is 1. The zero-order valence-corrected chi connectivity index (χ0v) is 17.5. The third-order valence-corrected chi connectivity index (χ3v) is 7.23. The number of hydrogen-bond donors (Lipinski definition) is 2. The molecule has 3 heterocycles. The van der Waals surface area contributed by atoms with E-state index in [2.05, 4.69) is 5.32 Å². The minimum atomic E-state index is -1.51. The Bertz CT molecular complexity index is 964. The summed E-state index contributed by atoms with van der Waals surface area (Å²) in [5.41, 5.74) is 0.973. The molecule has 0 aliphatic carbocycles. The Morgan fingerprint density at radius 2 is 1.79 bits per heavy atom. The second-order valence-corrected chi connectivity index (χ2v) is 8.77. The molecule has 2 aromatic rings. The summed E-state index contributed by atoms with van der Waals surface area (Å²) in [6, 6.07) is 9.04. The first-order chi connectivity index (χ1) is 13.8. The third-order valence-electron chi connectivity index (χ3n) is 6.27. The lowest BCUT2D eigenvalue weighted by molar-refractivity contribution is -0.147. The van der Waals surface area contributed by atoms with Gasteiger partial charge in [-0.2, -0.15) is 0 Å². The van der Waals surface area contributed by atoms with Crippen molar-refractivity contribution in [3.63, 3.8) is 0 Å². The summed E-state index contributed by atoms with van der Waals surface area (Å²) in [7, 11) is 0. The number of thiophene rings is 1. The van der Waals surface area contributed by atoms with Gasteiger partial charge in [-0.25, -0.2) is 4.90 Å². The number of fused-ring (bicyclic) bond motifs is 1. The maximum atomic E-state index is 13.6. The number of nitrogens with one attached hydrogen (secondary N) is 1. The smallest absolute Gasteiger partial charge is 0.324 e. The van der Waals surface area contributed by atoms with Crippen LogP contribution in [0.25, 0.3) is 0 Å². The summed E-state index contributed by atoms with van der Waals surface area (Å²) in [6.45, 7) is 5.49. The van der Waals surface area contributed by atoms with E-state index in [0.717, 1.165) is 16.0 Å².